The number of halogens is 4. The summed E-state index contributed by atoms with van der Waals surface area (Å²) in [6.45, 7) is 6.87. The van der Waals surface area contributed by atoms with E-state index in [1.807, 2.05) is 56.3 Å². The summed E-state index contributed by atoms with van der Waals surface area (Å²) in [7, 11) is 0. The van der Waals surface area contributed by atoms with E-state index in [-0.39, 0.29) is 23.4 Å². The van der Waals surface area contributed by atoms with Gasteiger partial charge in [-0.3, -0.25) is 9.69 Å². The average molecular weight is 623 g/mol. The molecule has 0 unspecified atom stereocenters. The minimum absolute atomic E-state index is 0.00864. The van der Waals surface area contributed by atoms with E-state index in [1.54, 1.807) is 29.2 Å². The minimum atomic E-state index is -4.54. The van der Waals surface area contributed by atoms with Gasteiger partial charge in [0.15, 0.2) is 0 Å². The Hall–Kier alpha value is -3.81. The molecule has 0 radical (unpaired) electrons. The zero-order valence-corrected chi connectivity index (χ0v) is 25.8. The SMILES string of the molecule is CCN(CC)C(=O)c1cccc(OCCCN(Cc2cccc(C(F)(F)F)c2Cl)CC(c2ccccc2)c2ccccc2)c1. The molecule has 0 aromatic heterocycles. The molecule has 0 N–H and O–H groups in total. The molecule has 232 valence electrons. The molecule has 0 spiro atoms. The van der Waals surface area contributed by atoms with Crippen molar-refractivity contribution >= 4 is 17.5 Å². The van der Waals surface area contributed by atoms with E-state index in [0.717, 1.165) is 17.2 Å². The maximum atomic E-state index is 13.7. The molecule has 0 fully saturated rings. The van der Waals surface area contributed by atoms with Gasteiger partial charge in [-0.05, 0) is 61.2 Å². The molecule has 0 aliphatic carbocycles. The Morgan fingerprint density at radius 2 is 1.45 bits per heavy atom. The number of hydrogen-bond donors (Lipinski definition) is 0. The van der Waals surface area contributed by atoms with Crippen LogP contribution in [-0.2, 0) is 12.7 Å². The highest BCUT2D eigenvalue weighted by atomic mass is 35.5. The fourth-order valence-electron chi connectivity index (χ4n) is 5.32. The standard InChI is InChI=1S/C36H38ClF3N2O2/c1-3-42(4-2)35(43)29-18-11-20-31(24-29)44-23-13-22-41(25-30-19-12-21-33(34(30)37)36(38,39)40)26-32(27-14-7-5-8-15-27)28-16-9-6-10-17-28/h5-12,14-21,24,32H,3-4,13,22-23,25-26H2,1-2H3. The number of carbonyl (C=O) groups is 1. The van der Waals surface area contributed by atoms with E-state index < -0.39 is 11.7 Å². The van der Waals surface area contributed by atoms with Gasteiger partial charge in [-0.25, -0.2) is 0 Å². The van der Waals surface area contributed by atoms with Crippen molar-refractivity contribution in [2.75, 3.05) is 32.8 Å². The molecule has 0 aliphatic rings. The molecule has 0 aliphatic heterocycles. The first-order valence-corrected chi connectivity index (χ1v) is 15.3. The van der Waals surface area contributed by atoms with Crippen LogP contribution >= 0.6 is 11.6 Å². The van der Waals surface area contributed by atoms with Crippen molar-refractivity contribution in [3.63, 3.8) is 0 Å². The Morgan fingerprint density at radius 1 is 0.841 bits per heavy atom. The van der Waals surface area contributed by atoms with Crippen LogP contribution in [0.4, 0.5) is 13.2 Å². The zero-order valence-electron chi connectivity index (χ0n) is 25.1. The smallest absolute Gasteiger partial charge is 0.417 e. The molecule has 4 nitrogen and oxygen atoms in total. The molecule has 8 heteroatoms. The number of rotatable bonds is 14. The molecule has 0 saturated carbocycles. The van der Waals surface area contributed by atoms with Gasteiger partial charge in [0, 0.05) is 44.2 Å². The molecule has 1 amide bonds. The summed E-state index contributed by atoms with van der Waals surface area (Å²) >= 11 is 6.33. The van der Waals surface area contributed by atoms with E-state index in [2.05, 4.69) is 29.2 Å². The molecule has 0 atom stereocenters. The zero-order chi connectivity index (χ0) is 31.5. The van der Waals surface area contributed by atoms with Crippen molar-refractivity contribution in [3.8, 4) is 5.75 Å². The van der Waals surface area contributed by atoms with E-state index in [1.165, 1.54) is 6.07 Å². The number of amides is 1. The molecule has 0 heterocycles. The van der Waals surface area contributed by atoms with Crippen molar-refractivity contribution in [3.05, 3.63) is 136 Å². The summed E-state index contributed by atoms with van der Waals surface area (Å²) < 4.78 is 47.0. The Bertz CT molecular complexity index is 1440. The number of nitrogens with zero attached hydrogens (tertiary/aromatic N) is 2. The molecule has 0 saturated heterocycles. The van der Waals surface area contributed by atoms with Gasteiger partial charge in [-0.1, -0.05) is 90.5 Å². The molecule has 4 aromatic carbocycles. The van der Waals surface area contributed by atoms with Crippen LogP contribution in [0.5, 0.6) is 5.75 Å². The Kier molecular flexibility index (Phi) is 11.9. The lowest BCUT2D eigenvalue weighted by molar-refractivity contribution is -0.137. The van der Waals surface area contributed by atoms with Crippen LogP contribution in [0.1, 0.15) is 58.8 Å². The maximum Gasteiger partial charge on any atom is 0.417 e. The second-order valence-electron chi connectivity index (χ2n) is 10.6. The first-order valence-electron chi connectivity index (χ1n) is 14.9. The molecule has 4 rings (SSSR count). The van der Waals surface area contributed by atoms with Gasteiger partial charge in [-0.2, -0.15) is 13.2 Å². The van der Waals surface area contributed by atoms with Crippen LogP contribution in [0, 0.1) is 0 Å². The lowest BCUT2D eigenvalue weighted by Gasteiger charge is -2.29. The monoisotopic (exact) mass is 622 g/mol. The predicted molar refractivity (Wildman–Crippen MR) is 170 cm³/mol. The highest BCUT2D eigenvalue weighted by Crippen LogP contribution is 2.37. The molecular formula is C36H38ClF3N2O2. The first-order chi connectivity index (χ1) is 21.2. The second kappa shape index (κ2) is 15.8. The first kappa shape index (κ1) is 33.1. The van der Waals surface area contributed by atoms with Crippen molar-refractivity contribution in [1.29, 1.82) is 0 Å². The highest BCUT2D eigenvalue weighted by Gasteiger charge is 2.34. The number of benzene rings is 4. The Morgan fingerprint density at radius 3 is 2.05 bits per heavy atom. The molecular weight excluding hydrogens is 585 g/mol. The van der Waals surface area contributed by atoms with Gasteiger partial charge < -0.3 is 9.64 Å². The van der Waals surface area contributed by atoms with Crippen molar-refractivity contribution in [2.45, 2.75) is 38.9 Å². The summed E-state index contributed by atoms with van der Waals surface area (Å²) in [6, 6.07) is 31.4. The fraction of sp³-hybridized carbons (Fsp3) is 0.306. The van der Waals surface area contributed by atoms with Gasteiger partial charge in [0.1, 0.15) is 5.75 Å². The molecule has 0 bridgehead atoms. The molecule has 44 heavy (non-hydrogen) atoms. The molecule has 4 aromatic rings. The summed E-state index contributed by atoms with van der Waals surface area (Å²) in [5.74, 6) is 0.546. The van der Waals surface area contributed by atoms with Gasteiger partial charge in [0.25, 0.3) is 5.91 Å². The summed E-state index contributed by atoms with van der Waals surface area (Å²) in [5.41, 5.74) is 2.39. The summed E-state index contributed by atoms with van der Waals surface area (Å²) in [5, 5.41) is -0.271. The van der Waals surface area contributed by atoms with Crippen LogP contribution in [0.15, 0.2) is 103 Å². The lowest BCUT2D eigenvalue weighted by atomic mass is 9.90. The van der Waals surface area contributed by atoms with E-state index in [9.17, 15) is 18.0 Å². The quantitative estimate of drug-likeness (QED) is 0.132. The van der Waals surface area contributed by atoms with Gasteiger partial charge in [0.2, 0.25) is 0 Å². The third-order valence-corrected chi connectivity index (χ3v) is 8.09. The topological polar surface area (TPSA) is 32.8 Å². The van der Waals surface area contributed by atoms with Gasteiger partial charge in [-0.15, -0.1) is 0 Å². The normalized spacial score (nSPS) is 11.6. The summed E-state index contributed by atoms with van der Waals surface area (Å²) in [4.78, 5) is 16.7. The number of ether oxygens (including phenoxy) is 1. The van der Waals surface area contributed by atoms with Crippen molar-refractivity contribution < 1.29 is 22.7 Å². The van der Waals surface area contributed by atoms with E-state index >= 15 is 0 Å². The number of carbonyl (C=O) groups excluding carboxylic acids is 1. The average Bonchev–Trinajstić information content (AvgIpc) is 3.03. The van der Waals surface area contributed by atoms with Crippen LogP contribution in [0.3, 0.4) is 0 Å². The Balaban J connectivity index is 1.53. The maximum absolute atomic E-state index is 13.7. The van der Waals surface area contributed by atoms with Gasteiger partial charge in [0.05, 0.1) is 17.2 Å². The predicted octanol–water partition coefficient (Wildman–Crippen LogP) is 8.94. The van der Waals surface area contributed by atoms with Crippen LogP contribution < -0.4 is 4.74 Å². The third-order valence-electron chi connectivity index (χ3n) is 7.64. The minimum Gasteiger partial charge on any atom is -0.494 e. The van der Waals surface area contributed by atoms with Crippen LogP contribution in [0.25, 0.3) is 0 Å². The largest absolute Gasteiger partial charge is 0.494 e. The summed E-state index contributed by atoms with van der Waals surface area (Å²) in [6.07, 6.45) is -3.93. The van der Waals surface area contributed by atoms with Gasteiger partial charge >= 0.3 is 6.18 Å². The Labute approximate surface area is 263 Å². The van der Waals surface area contributed by atoms with Crippen molar-refractivity contribution in [2.24, 2.45) is 0 Å². The van der Waals surface area contributed by atoms with E-state index in [0.29, 0.717) is 56.1 Å². The third kappa shape index (κ3) is 8.87. The van der Waals surface area contributed by atoms with Crippen LogP contribution in [0.2, 0.25) is 5.02 Å². The number of alkyl halides is 3. The van der Waals surface area contributed by atoms with E-state index in [4.69, 9.17) is 16.3 Å². The second-order valence-corrected chi connectivity index (χ2v) is 11.0. The van der Waals surface area contributed by atoms with Crippen molar-refractivity contribution in [1.82, 2.24) is 9.80 Å². The highest BCUT2D eigenvalue weighted by molar-refractivity contribution is 6.32. The van der Waals surface area contributed by atoms with Crippen LogP contribution in [-0.4, -0.2) is 48.5 Å². The lowest BCUT2D eigenvalue weighted by Crippen LogP contribution is -2.31. The number of hydrogen-bond acceptors (Lipinski definition) is 3. The fourth-order valence-corrected chi connectivity index (χ4v) is 5.61.